The predicted molar refractivity (Wildman–Crippen MR) is 60.2 cm³/mol. The van der Waals surface area contributed by atoms with Crippen LogP contribution in [0.4, 0.5) is 4.39 Å². The maximum Gasteiger partial charge on any atom is 0.210 e. The van der Waals surface area contributed by atoms with E-state index in [0.29, 0.717) is 11.6 Å². The molecule has 88 valence electrons. The number of benzene rings is 1. The minimum atomic E-state index is -0.294. The molecule has 2 aromatic rings. The van der Waals surface area contributed by atoms with E-state index < -0.39 is 0 Å². The highest BCUT2D eigenvalue weighted by Gasteiger charge is 2.05. The molecule has 0 unspecified atom stereocenters. The summed E-state index contributed by atoms with van der Waals surface area (Å²) in [5.74, 6) is 0.0554. The molecular weight excluding hydrogens is 223 g/mol. The SMILES string of the molecule is CC(=O)COc1cc(-c2ccc(F)cc2)n[nH]1. The number of Topliss-reactive ketones (excluding diaryl/α,β-unsaturated/α-hetero) is 1. The van der Waals surface area contributed by atoms with Crippen molar-refractivity contribution in [3.05, 3.63) is 36.1 Å². The van der Waals surface area contributed by atoms with Crippen LogP contribution in [0.2, 0.25) is 0 Å². The van der Waals surface area contributed by atoms with Gasteiger partial charge in [-0.05, 0) is 31.2 Å². The number of ether oxygens (including phenoxy) is 1. The lowest BCUT2D eigenvalue weighted by Gasteiger charge is -1.97. The minimum absolute atomic E-state index is 0.00501. The number of carbonyl (C=O) groups is 1. The van der Waals surface area contributed by atoms with Gasteiger partial charge in [0.25, 0.3) is 0 Å². The number of aromatic amines is 1. The summed E-state index contributed by atoms with van der Waals surface area (Å²) in [6, 6.07) is 7.64. The van der Waals surface area contributed by atoms with E-state index in [2.05, 4.69) is 10.2 Å². The fourth-order valence-corrected chi connectivity index (χ4v) is 1.33. The van der Waals surface area contributed by atoms with Gasteiger partial charge < -0.3 is 4.74 Å². The molecule has 5 heteroatoms. The number of nitrogens with zero attached hydrogens (tertiary/aromatic N) is 1. The van der Waals surface area contributed by atoms with E-state index in [0.717, 1.165) is 5.56 Å². The molecule has 2 rings (SSSR count). The van der Waals surface area contributed by atoms with Gasteiger partial charge >= 0.3 is 0 Å². The number of H-pyrrole nitrogens is 1. The Balaban J connectivity index is 2.12. The number of hydrogen-bond acceptors (Lipinski definition) is 3. The third kappa shape index (κ3) is 2.90. The van der Waals surface area contributed by atoms with E-state index in [1.54, 1.807) is 18.2 Å². The molecule has 0 spiro atoms. The molecule has 0 aliphatic heterocycles. The molecule has 0 radical (unpaired) electrons. The Bertz CT molecular complexity index is 520. The molecule has 0 fully saturated rings. The average molecular weight is 234 g/mol. The van der Waals surface area contributed by atoms with Crippen LogP contribution in [0.1, 0.15) is 6.92 Å². The molecule has 0 amide bonds. The molecule has 0 aliphatic rings. The van der Waals surface area contributed by atoms with E-state index in [9.17, 15) is 9.18 Å². The van der Waals surface area contributed by atoms with Gasteiger partial charge in [0.2, 0.25) is 5.88 Å². The maximum atomic E-state index is 12.7. The van der Waals surface area contributed by atoms with Crippen LogP contribution in [-0.2, 0) is 4.79 Å². The number of carbonyl (C=O) groups excluding carboxylic acids is 1. The number of aromatic nitrogens is 2. The van der Waals surface area contributed by atoms with Crippen LogP contribution in [0.15, 0.2) is 30.3 Å². The average Bonchev–Trinajstić information content (AvgIpc) is 2.76. The summed E-state index contributed by atoms with van der Waals surface area (Å²) in [7, 11) is 0. The molecule has 1 heterocycles. The minimum Gasteiger partial charge on any atom is -0.470 e. The second-order valence-electron chi connectivity index (χ2n) is 3.62. The lowest BCUT2D eigenvalue weighted by Crippen LogP contribution is -2.06. The van der Waals surface area contributed by atoms with E-state index in [-0.39, 0.29) is 18.2 Å². The van der Waals surface area contributed by atoms with E-state index >= 15 is 0 Å². The lowest BCUT2D eigenvalue weighted by molar-refractivity contribution is -0.119. The standard InChI is InChI=1S/C12H11FN2O2/c1-8(16)7-17-12-6-11(14-15-12)9-2-4-10(13)5-3-9/h2-6H,7H2,1H3,(H,14,15). The summed E-state index contributed by atoms with van der Waals surface area (Å²) in [5, 5.41) is 6.67. The lowest BCUT2D eigenvalue weighted by atomic mass is 10.1. The van der Waals surface area contributed by atoms with Crippen molar-refractivity contribution in [2.45, 2.75) is 6.92 Å². The third-order valence-electron chi connectivity index (χ3n) is 2.13. The molecule has 1 aromatic carbocycles. The van der Waals surface area contributed by atoms with Crippen LogP contribution in [-0.4, -0.2) is 22.6 Å². The molecule has 4 nitrogen and oxygen atoms in total. The first-order valence-corrected chi connectivity index (χ1v) is 5.09. The van der Waals surface area contributed by atoms with Crippen molar-refractivity contribution in [2.24, 2.45) is 0 Å². The highest BCUT2D eigenvalue weighted by atomic mass is 19.1. The van der Waals surface area contributed by atoms with Crippen LogP contribution >= 0.6 is 0 Å². The normalized spacial score (nSPS) is 10.2. The first-order valence-electron chi connectivity index (χ1n) is 5.09. The van der Waals surface area contributed by atoms with Crippen molar-refractivity contribution in [2.75, 3.05) is 6.61 Å². The van der Waals surface area contributed by atoms with E-state index in [4.69, 9.17) is 4.74 Å². The zero-order valence-electron chi connectivity index (χ0n) is 9.24. The van der Waals surface area contributed by atoms with Gasteiger partial charge in [-0.2, -0.15) is 5.10 Å². The van der Waals surface area contributed by atoms with Crippen molar-refractivity contribution in [1.29, 1.82) is 0 Å². The second-order valence-corrected chi connectivity index (χ2v) is 3.62. The topological polar surface area (TPSA) is 55.0 Å². The first-order chi connectivity index (χ1) is 8.15. The van der Waals surface area contributed by atoms with Crippen LogP contribution in [0.5, 0.6) is 5.88 Å². The summed E-state index contributed by atoms with van der Waals surface area (Å²) in [4.78, 5) is 10.7. The Morgan fingerprint density at radius 3 is 2.76 bits per heavy atom. The fraction of sp³-hybridized carbons (Fsp3) is 0.167. The van der Waals surface area contributed by atoms with Gasteiger partial charge in [-0.3, -0.25) is 4.79 Å². The molecular formula is C12H11FN2O2. The molecule has 1 N–H and O–H groups in total. The molecule has 0 saturated carbocycles. The van der Waals surface area contributed by atoms with Gasteiger partial charge in [-0.25, -0.2) is 9.49 Å². The van der Waals surface area contributed by atoms with Crippen LogP contribution in [0.3, 0.4) is 0 Å². The zero-order valence-corrected chi connectivity index (χ0v) is 9.24. The number of ketones is 1. The fourth-order valence-electron chi connectivity index (χ4n) is 1.33. The van der Waals surface area contributed by atoms with Crippen LogP contribution in [0, 0.1) is 5.82 Å². The van der Waals surface area contributed by atoms with Crippen molar-refractivity contribution in [3.63, 3.8) is 0 Å². The van der Waals surface area contributed by atoms with Gasteiger partial charge in [-0.1, -0.05) is 0 Å². The van der Waals surface area contributed by atoms with E-state index in [1.165, 1.54) is 19.1 Å². The van der Waals surface area contributed by atoms with Gasteiger partial charge in [-0.15, -0.1) is 0 Å². The van der Waals surface area contributed by atoms with Gasteiger partial charge in [0, 0.05) is 11.6 Å². The highest BCUT2D eigenvalue weighted by Crippen LogP contribution is 2.20. The van der Waals surface area contributed by atoms with Gasteiger partial charge in [0.05, 0.1) is 5.69 Å². The van der Waals surface area contributed by atoms with Crippen molar-refractivity contribution < 1.29 is 13.9 Å². The molecule has 0 atom stereocenters. The molecule has 17 heavy (non-hydrogen) atoms. The summed E-state index contributed by atoms with van der Waals surface area (Å²) in [6.07, 6.45) is 0. The van der Waals surface area contributed by atoms with Crippen LogP contribution in [0.25, 0.3) is 11.3 Å². The predicted octanol–water partition coefficient (Wildman–Crippen LogP) is 2.18. The van der Waals surface area contributed by atoms with Crippen LogP contribution < -0.4 is 4.74 Å². The summed E-state index contributed by atoms with van der Waals surface area (Å²) >= 11 is 0. The Hall–Kier alpha value is -2.17. The van der Waals surface area contributed by atoms with Crippen molar-refractivity contribution in [1.82, 2.24) is 10.2 Å². The monoisotopic (exact) mass is 234 g/mol. The first kappa shape index (κ1) is 11.3. The smallest absolute Gasteiger partial charge is 0.210 e. The molecule has 0 aliphatic carbocycles. The summed E-state index contributed by atoms with van der Waals surface area (Å²) in [5.41, 5.74) is 1.42. The Labute approximate surface area is 97.4 Å². The quantitative estimate of drug-likeness (QED) is 0.882. The Morgan fingerprint density at radius 2 is 2.12 bits per heavy atom. The van der Waals surface area contributed by atoms with Crippen molar-refractivity contribution in [3.8, 4) is 17.1 Å². The third-order valence-corrected chi connectivity index (χ3v) is 2.13. The van der Waals surface area contributed by atoms with Crippen molar-refractivity contribution >= 4 is 5.78 Å². The maximum absolute atomic E-state index is 12.7. The molecule has 1 aromatic heterocycles. The largest absolute Gasteiger partial charge is 0.470 e. The number of halogens is 1. The summed E-state index contributed by atoms with van der Waals surface area (Å²) < 4.78 is 17.9. The Morgan fingerprint density at radius 1 is 1.41 bits per heavy atom. The zero-order chi connectivity index (χ0) is 12.3. The molecule has 0 bridgehead atoms. The van der Waals surface area contributed by atoms with Gasteiger partial charge in [0.15, 0.2) is 5.78 Å². The number of rotatable bonds is 4. The van der Waals surface area contributed by atoms with E-state index in [1.807, 2.05) is 0 Å². The second kappa shape index (κ2) is 4.78. The molecule has 0 saturated heterocycles. The number of nitrogens with one attached hydrogen (secondary N) is 1. The summed E-state index contributed by atoms with van der Waals surface area (Å²) in [6.45, 7) is 1.45. The Kier molecular flexibility index (Phi) is 3.18. The van der Waals surface area contributed by atoms with Gasteiger partial charge in [0.1, 0.15) is 12.4 Å². The number of hydrogen-bond donors (Lipinski definition) is 1. The highest BCUT2D eigenvalue weighted by molar-refractivity contribution is 5.77.